The lowest BCUT2D eigenvalue weighted by Crippen LogP contribution is -2.23. The summed E-state index contributed by atoms with van der Waals surface area (Å²) in [7, 11) is 4.15. The van der Waals surface area contributed by atoms with E-state index in [1.54, 1.807) is 0 Å². The van der Waals surface area contributed by atoms with E-state index in [0.29, 0.717) is 5.71 Å². The fourth-order valence-corrected chi connectivity index (χ4v) is 3.58. The van der Waals surface area contributed by atoms with Gasteiger partial charge in [-0.3, -0.25) is 0 Å². The normalized spacial score (nSPS) is 16.9. The van der Waals surface area contributed by atoms with Crippen LogP contribution in [-0.2, 0) is 0 Å². The molecule has 0 bridgehead atoms. The lowest BCUT2D eigenvalue weighted by molar-refractivity contribution is 0.494. The van der Waals surface area contributed by atoms with Crippen molar-refractivity contribution in [2.24, 2.45) is 0 Å². The van der Waals surface area contributed by atoms with Gasteiger partial charge in [0.25, 0.3) is 0 Å². The molecule has 0 aliphatic carbocycles. The van der Waals surface area contributed by atoms with Crippen LogP contribution in [0.2, 0.25) is 0 Å². The third-order valence-electron chi connectivity index (χ3n) is 4.94. The summed E-state index contributed by atoms with van der Waals surface area (Å²) in [5.74, 6) is 0. The second-order valence-corrected chi connectivity index (χ2v) is 7.08. The molecule has 0 saturated heterocycles. The van der Waals surface area contributed by atoms with Gasteiger partial charge in [-0.1, -0.05) is 0 Å². The number of hydrogen-bond acceptors (Lipinski definition) is 6. The van der Waals surface area contributed by atoms with Gasteiger partial charge in [0.2, 0.25) is 5.71 Å². The summed E-state index contributed by atoms with van der Waals surface area (Å²) in [6, 6.07) is 8.55. The van der Waals surface area contributed by atoms with Crippen LogP contribution in [0.3, 0.4) is 0 Å². The summed E-state index contributed by atoms with van der Waals surface area (Å²) >= 11 is 0. The molecule has 6 nitrogen and oxygen atoms in total. The van der Waals surface area contributed by atoms with Crippen molar-refractivity contribution in [2.45, 2.75) is 6.92 Å². The van der Waals surface area contributed by atoms with Gasteiger partial charge in [-0.2, -0.15) is 0 Å². The topological polar surface area (TPSA) is 39.0 Å². The van der Waals surface area contributed by atoms with Gasteiger partial charge in [-0.05, 0) is 31.2 Å². The van der Waals surface area contributed by atoms with Crippen molar-refractivity contribution in [1.29, 1.82) is 0 Å². The Morgan fingerprint density at radius 2 is 1.62 bits per heavy atom. The average Bonchev–Trinajstić information content (AvgIpc) is 3.32. The first-order valence-electron chi connectivity index (χ1n) is 8.73. The molecule has 4 heterocycles. The molecule has 0 N–H and O–H groups in total. The first-order chi connectivity index (χ1) is 12.6. The van der Waals surface area contributed by atoms with Crippen molar-refractivity contribution >= 4 is 33.4 Å². The summed E-state index contributed by atoms with van der Waals surface area (Å²) in [6.07, 6.45) is 8.37. The van der Waals surface area contributed by atoms with Crippen molar-refractivity contribution in [3.8, 4) is 0 Å². The first-order valence-corrected chi connectivity index (χ1v) is 8.73. The Morgan fingerprint density at radius 3 is 2.31 bits per heavy atom. The Kier molecular flexibility index (Phi) is 3.16. The van der Waals surface area contributed by atoms with Gasteiger partial charge in [0.05, 0.1) is 19.0 Å². The van der Waals surface area contributed by atoms with Crippen molar-refractivity contribution in [2.75, 3.05) is 37.2 Å². The Morgan fingerprint density at radius 1 is 0.885 bits per heavy atom. The fourth-order valence-electron chi connectivity index (χ4n) is 3.58. The molecular weight excluding hydrogens is 326 g/mol. The van der Waals surface area contributed by atoms with E-state index in [-0.39, 0.29) is 0 Å². The number of hydrogen-bond donors (Lipinski definition) is 0. The summed E-state index contributed by atoms with van der Waals surface area (Å²) in [5, 5.41) is 2.16. The standard InChI is InChI=1S/C20H21N5O/c1-14-4-5-16-17-10-15(24-8-6-22(2)12-24)11-18(19(17)26-20(16)21-14)25-9-7-23(3)13-25/h4-11H,12-13H2,1-3H3. The number of aromatic nitrogens is 1. The third kappa shape index (κ3) is 2.29. The monoisotopic (exact) mass is 347 g/mol. The van der Waals surface area contributed by atoms with Crippen LogP contribution in [0.4, 0.5) is 11.4 Å². The molecule has 132 valence electrons. The van der Waals surface area contributed by atoms with E-state index < -0.39 is 0 Å². The maximum Gasteiger partial charge on any atom is 0.227 e. The molecule has 5 rings (SSSR count). The Bertz CT molecular complexity index is 1070. The Hall–Kier alpha value is -3.15. The molecule has 1 aromatic carbocycles. The number of benzene rings is 1. The lowest BCUT2D eigenvalue weighted by atomic mass is 10.1. The summed E-state index contributed by atoms with van der Waals surface area (Å²) < 4.78 is 6.20. The van der Waals surface area contributed by atoms with Crippen LogP contribution >= 0.6 is 0 Å². The van der Waals surface area contributed by atoms with Crippen molar-refractivity contribution in [3.63, 3.8) is 0 Å². The number of aryl methyl sites for hydroxylation is 1. The SMILES string of the molecule is Cc1ccc2c(n1)oc1c(N3C=CN(C)C3)cc(N3C=CN(C)C3)cc12. The molecule has 0 unspecified atom stereocenters. The molecule has 3 aromatic rings. The van der Waals surface area contributed by atoms with Crippen LogP contribution in [0.1, 0.15) is 5.69 Å². The highest BCUT2D eigenvalue weighted by atomic mass is 16.3. The van der Waals surface area contributed by atoms with Gasteiger partial charge in [0.1, 0.15) is 0 Å². The zero-order valence-corrected chi connectivity index (χ0v) is 15.2. The number of fused-ring (bicyclic) bond motifs is 3. The van der Waals surface area contributed by atoms with Gasteiger partial charge in [-0.25, -0.2) is 4.98 Å². The quantitative estimate of drug-likeness (QED) is 0.705. The summed E-state index contributed by atoms with van der Waals surface area (Å²) in [6.45, 7) is 3.63. The molecule has 0 amide bonds. The molecule has 26 heavy (non-hydrogen) atoms. The van der Waals surface area contributed by atoms with Gasteiger partial charge in [-0.15, -0.1) is 0 Å². The maximum absolute atomic E-state index is 6.20. The van der Waals surface area contributed by atoms with Crippen molar-refractivity contribution < 1.29 is 4.42 Å². The largest absolute Gasteiger partial charge is 0.435 e. The lowest BCUT2D eigenvalue weighted by Gasteiger charge is -2.23. The summed E-state index contributed by atoms with van der Waals surface area (Å²) in [5.41, 5.74) is 4.77. The maximum atomic E-state index is 6.20. The Balaban J connectivity index is 1.75. The number of furan rings is 1. The highest BCUT2D eigenvalue weighted by Crippen LogP contribution is 2.39. The van der Waals surface area contributed by atoms with E-state index in [9.17, 15) is 0 Å². The molecule has 0 atom stereocenters. The average molecular weight is 347 g/mol. The Labute approximate surface area is 152 Å². The minimum atomic E-state index is 0.698. The molecule has 2 aromatic heterocycles. The highest BCUT2D eigenvalue weighted by Gasteiger charge is 2.22. The molecule has 0 radical (unpaired) electrons. The van der Waals surface area contributed by atoms with Crippen LogP contribution in [0, 0.1) is 6.92 Å². The second kappa shape index (κ2) is 5.42. The molecule has 0 saturated carbocycles. The van der Waals surface area contributed by atoms with Gasteiger partial charge < -0.3 is 24.0 Å². The van der Waals surface area contributed by atoms with E-state index in [0.717, 1.165) is 46.8 Å². The van der Waals surface area contributed by atoms with Crippen LogP contribution < -0.4 is 9.80 Å². The van der Waals surface area contributed by atoms with Crippen LogP contribution in [0.5, 0.6) is 0 Å². The van der Waals surface area contributed by atoms with Crippen LogP contribution in [-0.4, -0.2) is 42.2 Å². The molecule has 2 aliphatic rings. The third-order valence-corrected chi connectivity index (χ3v) is 4.94. The minimum absolute atomic E-state index is 0.698. The summed E-state index contributed by atoms with van der Waals surface area (Å²) in [4.78, 5) is 13.3. The minimum Gasteiger partial charge on any atom is -0.435 e. The number of rotatable bonds is 2. The predicted octanol–water partition coefficient (Wildman–Crippen LogP) is 3.65. The van der Waals surface area contributed by atoms with Gasteiger partial charge >= 0.3 is 0 Å². The predicted molar refractivity (Wildman–Crippen MR) is 105 cm³/mol. The molecular formula is C20H21N5O. The van der Waals surface area contributed by atoms with E-state index >= 15 is 0 Å². The first kappa shape index (κ1) is 15.1. The van der Waals surface area contributed by atoms with E-state index in [1.807, 2.05) is 13.0 Å². The molecule has 0 fully saturated rings. The van der Waals surface area contributed by atoms with Crippen molar-refractivity contribution in [3.05, 3.63) is 54.8 Å². The van der Waals surface area contributed by atoms with E-state index in [2.05, 4.69) is 81.7 Å². The van der Waals surface area contributed by atoms with Crippen LogP contribution in [0.25, 0.3) is 22.1 Å². The second-order valence-electron chi connectivity index (χ2n) is 7.08. The van der Waals surface area contributed by atoms with Crippen molar-refractivity contribution in [1.82, 2.24) is 14.8 Å². The van der Waals surface area contributed by atoms with Gasteiger partial charge in [0, 0.05) is 61.0 Å². The van der Waals surface area contributed by atoms with E-state index in [1.165, 1.54) is 0 Å². The number of pyridine rings is 1. The van der Waals surface area contributed by atoms with E-state index in [4.69, 9.17) is 4.42 Å². The number of anilines is 2. The molecule has 2 aliphatic heterocycles. The smallest absolute Gasteiger partial charge is 0.227 e. The molecule has 0 spiro atoms. The molecule has 6 heteroatoms. The fraction of sp³-hybridized carbons (Fsp3) is 0.250. The van der Waals surface area contributed by atoms with Crippen LogP contribution in [0.15, 0.2) is 53.5 Å². The highest BCUT2D eigenvalue weighted by molar-refractivity contribution is 6.09. The zero-order valence-electron chi connectivity index (χ0n) is 15.2. The van der Waals surface area contributed by atoms with Gasteiger partial charge in [0.15, 0.2) is 5.58 Å². The number of nitrogens with zero attached hydrogens (tertiary/aromatic N) is 5. The zero-order chi connectivity index (χ0) is 17.8.